The van der Waals surface area contributed by atoms with E-state index in [0.29, 0.717) is 34.3 Å². The van der Waals surface area contributed by atoms with Crippen LogP contribution < -0.4 is 16.1 Å². The molecule has 1 aliphatic heterocycles. The zero-order valence-electron chi connectivity index (χ0n) is 21.9. The van der Waals surface area contributed by atoms with Crippen LogP contribution in [0.1, 0.15) is 51.3 Å². The monoisotopic (exact) mass is 508 g/mol. The van der Waals surface area contributed by atoms with E-state index >= 15 is 0 Å². The summed E-state index contributed by atoms with van der Waals surface area (Å²) in [4.78, 5) is 51.2. The van der Waals surface area contributed by atoms with Crippen LogP contribution in [0.4, 0.5) is 0 Å². The van der Waals surface area contributed by atoms with E-state index in [1.54, 1.807) is 43.3 Å². The van der Waals surface area contributed by atoms with Gasteiger partial charge in [-0.3, -0.25) is 9.59 Å². The minimum atomic E-state index is -0.941. The second-order valence-corrected chi connectivity index (χ2v) is 9.64. The highest BCUT2D eigenvalue weighted by atomic mass is 16.5. The number of hydrogen-bond acceptors (Lipinski definition) is 8. The number of rotatable bonds is 11. The van der Waals surface area contributed by atoms with Gasteiger partial charge < -0.3 is 24.9 Å². The van der Waals surface area contributed by atoms with E-state index in [9.17, 15) is 19.3 Å². The van der Waals surface area contributed by atoms with Crippen LogP contribution in [0.3, 0.4) is 0 Å². The standard InChI is InChI=1S/C26H33BN4O6/c1-16(2)23(29-25(33)21-11-10-20-15-37-27(30-35)22(20)17(21)3)26(34)36-14-18-6-8-19(9-7-18)24(32)28-12-13-31(4)5/h6-11,16,23H,12-15H2,1-5H3,(H,28,32)(H,29,33)/t23-/m0/s1. The molecule has 10 nitrogen and oxygen atoms in total. The van der Waals surface area contributed by atoms with Crippen LogP contribution in [0.5, 0.6) is 0 Å². The largest absolute Gasteiger partial charge is 0.521 e. The molecule has 0 aliphatic carbocycles. The van der Waals surface area contributed by atoms with E-state index in [4.69, 9.17) is 9.39 Å². The fourth-order valence-electron chi connectivity index (χ4n) is 4.04. The van der Waals surface area contributed by atoms with E-state index < -0.39 is 25.0 Å². The second-order valence-electron chi connectivity index (χ2n) is 9.64. The van der Waals surface area contributed by atoms with E-state index in [2.05, 4.69) is 15.7 Å². The van der Waals surface area contributed by atoms with Crippen molar-refractivity contribution in [2.75, 3.05) is 27.2 Å². The number of carbonyl (C=O) groups is 3. The van der Waals surface area contributed by atoms with Crippen molar-refractivity contribution < 1.29 is 23.8 Å². The molecule has 1 atom stereocenters. The number of esters is 1. The van der Waals surface area contributed by atoms with Gasteiger partial charge in [-0.1, -0.05) is 37.1 Å². The predicted octanol–water partition coefficient (Wildman–Crippen LogP) is 1.78. The number of nitrogens with zero attached hydrogens (tertiary/aromatic N) is 2. The highest BCUT2D eigenvalue weighted by Gasteiger charge is 2.35. The Labute approximate surface area is 217 Å². The minimum absolute atomic E-state index is 0.00233. The van der Waals surface area contributed by atoms with Gasteiger partial charge in [0.25, 0.3) is 11.8 Å². The molecule has 0 saturated carbocycles. The summed E-state index contributed by atoms with van der Waals surface area (Å²) in [6, 6.07) is 9.32. The van der Waals surface area contributed by atoms with Crippen molar-refractivity contribution in [3.8, 4) is 0 Å². The second kappa shape index (κ2) is 12.6. The smallest absolute Gasteiger partial charge is 0.459 e. The summed E-state index contributed by atoms with van der Waals surface area (Å²) >= 11 is 0. The summed E-state index contributed by atoms with van der Waals surface area (Å²) < 4.78 is 10.8. The highest BCUT2D eigenvalue weighted by molar-refractivity contribution is 6.67. The van der Waals surface area contributed by atoms with Crippen molar-refractivity contribution in [1.82, 2.24) is 15.5 Å². The molecule has 2 amide bonds. The van der Waals surface area contributed by atoms with Crippen molar-refractivity contribution >= 4 is 30.3 Å². The van der Waals surface area contributed by atoms with Crippen LogP contribution in [0.25, 0.3) is 0 Å². The number of nitroso groups, excluding NO2 is 1. The first-order chi connectivity index (χ1) is 17.6. The summed E-state index contributed by atoms with van der Waals surface area (Å²) in [6.07, 6.45) is 0. The van der Waals surface area contributed by atoms with Crippen molar-refractivity contribution in [3.05, 3.63) is 69.1 Å². The minimum Gasteiger partial charge on any atom is -0.459 e. The van der Waals surface area contributed by atoms with Gasteiger partial charge in [-0.25, -0.2) is 4.79 Å². The molecule has 2 aromatic carbocycles. The Kier molecular flexibility index (Phi) is 9.54. The number of fused-ring (bicyclic) bond motifs is 1. The third kappa shape index (κ3) is 7.02. The summed E-state index contributed by atoms with van der Waals surface area (Å²) in [5.41, 5.74) is 3.59. The first-order valence-electron chi connectivity index (χ1n) is 12.2. The van der Waals surface area contributed by atoms with E-state index in [0.717, 1.165) is 12.1 Å². The summed E-state index contributed by atoms with van der Waals surface area (Å²) in [7, 11) is 2.93. The summed E-state index contributed by atoms with van der Waals surface area (Å²) in [6.45, 7) is 6.90. The van der Waals surface area contributed by atoms with Crippen molar-refractivity contribution in [1.29, 1.82) is 0 Å². The fourth-order valence-corrected chi connectivity index (χ4v) is 4.04. The molecule has 196 valence electrons. The molecular formula is C26H33BN4O6. The maximum atomic E-state index is 13.1. The predicted molar refractivity (Wildman–Crippen MR) is 140 cm³/mol. The van der Waals surface area contributed by atoms with Crippen LogP contribution in [-0.2, 0) is 27.4 Å². The molecule has 0 radical (unpaired) electrons. The molecule has 1 heterocycles. The molecule has 0 saturated heterocycles. The average Bonchev–Trinajstić information content (AvgIpc) is 3.30. The zero-order chi connectivity index (χ0) is 27.1. The quantitative estimate of drug-likeness (QED) is 0.269. The Bertz CT molecular complexity index is 1150. The van der Waals surface area contributed by atoms with Crippen LogP contribution in [0, 0.1) is 17.7 Å². The number of hydrogen-bond donors (Lipinski definition) is 2. The van der Waals surface area contributed by atoms with Crippen LogP contribution in [-0.4, -0.2) is 63.0 Å². The van der Waals surface area contributed by atoms with Gasteiger partial charge in [0.15, 0.2) is 0 Å². The molecule has 0 fully saturated rings. The third-order valence-corrected chi connectivity index (χ3v) is 6.24. The lowest BCUT2D eigenvalue weighted by atomic mass is 9.71. The molecule has 2 N–H and O–H groups in total. The zero-order valence-corrected chi connectivity index (χ0v) is 21.9. The van der Waals surface area contributed by atoms with E-state index in [-0.39, 0.29) is 25.0 Å². The van der Waals surface area contributed by atoms with Crippen LogP contribution in [0.15, 0.2) is 41.5 Å². The van der Waals surface area contributed by atoms with Crippen LogP contribution >= 0.6 is 0 Å². The van der Waals surface area contributed by atoms with Gasteiger partial charge in [0.1, 0.15) is 12.6 Å². The van der Waals surface area contributed by atoms with E-state index in [1.165, 1.54) is 0 Å². The van der Waals surface area contributed by atoms with Crippen molar-refractivity contribution in [3.63, 3.8) is 0 Å². The first-order valence-corrected chi connectivity index (χ1v) is 12.2. The number of likely N-dealkylation sites (N-methyl/N-ethyl adjacent to an activating group) is 1. The van der Waals surface area contributed by atoms with Gasteiger partial charge in [-0.15, -0.1) is 0 Å². The Morgan fingerprint density at radius 1 is 1.11 bits per heavy atom. The van der Waals surface area contributed by atoms with Gasteiger partial charge in [-0.05, 0) is 67.3 Å². The third-order valence-electron chi connectivity index (χ3n) is 6.24. The molecule has 3 rings (SSSR count). The molecule has 0 spiro atoms. The number of ether oxygens (including phenoxy) is 1. The van der Waals surface area contributed by atoms with Gasteiger partial charge in [-0.2, -0.15) is 4.91 Å². The van der Waals surface area contributed by atoms with E-state index in [1.807, 2.05) is 32.8 Å². The SMILES string of the molecule is Cc1c(C(=O)N[C@H](C(=O)OCc2ccc(C(=O)NCCN(C)C)cc2)C(C)C)ccc2c1B(N=O)OC2. The lowest BCUT2D eigenvalue weighted by Crippen LogP contribution is -2.46. The number of carbonyl (C=O) groups excluding carboxylic acids is 3. The first kappa shape index (κ1) is 28.0. The topological polar surface area (TPSA) is 126 Å². The summed E-state index contributed by atoms with van der Waals surface area (Å²) in [5.74, 6) is -1.41. The Balaban J connectivity index is 1.60. The molecule has 0 bridgehead atoms. The number of benzene rings is 2. The number of nitrogens with one attached hydrogen (secondary N) is 2. The average molecular weight is 508 g/mol. The fraction of sp³-hybridized carbons (Fsp3) is 0.423. The van der Waals surface area contributed by atoms with Crippen molar-refractivity contribution in [2.24, 2.45) is 11.0 Å². The molecular weight excluding hydrogens is 475 g/mol. The number of amides is 2. The summed E-state index contributed by atoms with van der Waals surface area (Å²) in [5, 5.41) is 8.61. The molecule has 1 aliphatic rings. The molecule has 37 heavy (non-hydrogen) atoms. The lowest BCUT2D eigenvalue weighted by molar-refractivity contribution is -0.148. The molecule has 2 aromatic rings. The maximum Gasteiger partial charge on any atom is 0.521 e. The maximum absolute atomic E-state index is 13.1. The van der Waals surface area contributed by atoms with Gasteiger partial charge >= 0.3 is 13.0 Å². The molecule has 0 unspecified atom stereocenters. The van der Waals surface area contributed by atoms with Gasteiger partial charge in [0, 0.05) is 24.2 Å². The van der Waals surface area contributed by atoms with Crippen LogP contribution in [0.2, 0.25) is 0 Å². The Morgan fingerprint density at radius 2 is 1.81 bits per heavy atom. The normalized spacial score (nSPS) is 13.3. The van der Waals surface area contributed by atoms with Gasteiger partial charge in [0.2, 0.25) is 0 Å². The van der Waals surface area contributed by atoms with Crippen molar-refractivity contribution in [2.45, 2.75) is 40.0 Å². The Morgan fingerprint density at radius 3 is 2.43 bits per heavy atom. The highest BCUT2D eigenvalue weighted by Crippen LogP contribution is 2.18. The Hall–Kier alpha value is -3.57. The van der Waals surface area contributed by atoms with Gasteiger partial charge in [0.05, 0.1) is 6.61 Å². The lowest BCUT2D eigenvalue weighted by Gasteiger charge is -2.22. The molecule has 0 aromatic heterocycles. The molecule has 11 heteroatoms.